The molecule has 1 atom stereocenters. The Bertz CT molecular complexity index is 1030. The molecule has 0 saturated carbocycles. The normalized spacial score (nSPS) is 13.0. The van der Waals surface area contributed by atoms with Crippen LogP contribution in [0.25, 0.3) is 11.0 Å². The third-order valence-corrected chi connectivity index (χ3v) is 5.95. The first-order chi connectivity index (χ1) is 12.9. The van der Waals surface area contributed by atoms with Gasteiger partial charge in [-0.05, 0) is 30.2 Å². The highest BCUT2D eigenvalue weighted by atomic mass is 32.2. The number of benzene rings is 1. The van der Waals surface area contributed by atoms with Gasteiger partial charge in [-0.25, -0.2) is 8.42 Å². The molecule has 0 aliphatic heterocycles. The van der Waals surface area contributed by atoms with Crippen LogP contribution in [0, 0.1) is 5.92 Å². The number of fused-ring (bicyclic) bond motifs is 1. The van der Waals surface area contributed by atoms with Gasteiger partial charge in [0.25, 0.3) is 0 Å². The number of sulfonamides is 1. The van der Waals surface area contributed by atoms with Crippen LogP contribution in [0.5, 0.6) is 0 Å². The van der Waals surface area contributed by atoms with Crippen molar-refractivity contribution in [1.82, 2.24) is 23.8 Å². The quantitative estimate of drug-likeness (QED) is 0.618. The van der Waals surface area contributed by atoms with Gasteiger partial charge < -0.3 is 5.32 Å². The first kappa shape index (κ1) is 19.3. The van der Waals surface area contributed by atoms with Crippen molar-refractivity contribution in [3.05, 3.63) is 48.3 Å². The fraction of sp³-hybridized carbons (Fsp3) is 0.294. The molecule has 0 aliphatic rings. The number of hydrogen-bond donors (Lipinski definition) is 2. The smallest absolute Gasteiger partial charge is 0.243 e. The van der Waals surface area contributed by atoms with E-state index in [4.69, 9.17) is 0 Å². The molecule has 0 bridgehead atoms. The minimum Gasteiger partial charge on any atom is -0.349 e. The van der Waals surface area contributed by atoms with Crippen molar-refractivity contribution < 1.29 is 13.2 Å². The summed E-state index contributed by atoms with van der Waals surface area (Å²) >= 11 is 0.942. The third kappa shape index (κ3) is 4.46. The lowest BCUT2D eigenvalue weighted by Crippen LogP contribution is -2.49. The van der Waals surface area contributed by atoms with E-state index in [1.54, 1.807) is 44.3 Å². The van der Waals surface area contributed by atoms with Crippen LogP contribution in [-0.2, 0) is 21.4 Å². The Kier molecular flexibility index (Phi) is 5.78. The number of nitrogens with one attached hydrogen (secondary N) is 2. The standard InChI is InChI=1S/C17H19N5O3S2/c1-11(2)15(17(23)19-10-12-6-3-4-9-18-12)22-27(24,25)14-8-5-7-13-16(14)21-26-20-13/h3-9,11,15,22H,10H2,1-2H3,(H,19,23). The average Bonchev–Trinajstić information content (AvgIpc) is 3.13. The minimum atomic E-state index is -3.95. The van der Waals surface area contributed by atoms with Crippen molar-refractivity contribution in [1.29, 1.82) is 0 Å². The van der Waals surface area contributed by atoms with Crippen molar-refractivity contribution in [2.24, 2.45) is 5.92 Å². The lowest BCUT2D eigenvalue weighted by molar-refractivity contribution is -0.123. The van der Waals surface area contributed by atoms with E-state index >= 15 is 0 Å². The number of hydrogen-bond acceptors (Lipinski definition) is 7. The maximum Gasteiger partial charge on any atom is 0.243 e. The zero-order valence-electron chi connectivity index (χ0n) is 14.8. The summed E-state index contributed by atoms with van der Waals surface area (Å²) in [7, 11) is -3.95. The maximum atomic E-state index is 12.9. The molecule has 0 fully saturated rings. The number of pyridine rings is 1. The van der Waals surface area contributed by atoms with Crippen LogP contribution in [0.4, 0.5) is 0 Å². The number of carbonyl (C=O) groups excluding carboxylic acids is 1. The van der Waals surface area contributed by atoms with Crippen LogP contribution >= 0.6 is 11.7 Å². The topological polar surface area (TPSA) is 114 Å². The van der Waals surface area contributed by atoms with E-state index in [-0.39, 0.29) is 17.4 Å². The maximum absolute atomic E-state index is 12.9. The molecule has 27 heavy (non-hydrogen) atoms. The van der Waals surface area contributed by atoms with Gasteiger partial charge in [0.05, 0.1) is 24.0 Å². The summed E-state index contributed by atoms with van der Waals surface area (Å²) < 4.78 is 36.4. The number of rotatable bonds is 7. The first-order valence-corrected chi connectivity index (χ1v) is 10.5. The fourth-order valence-electron chi connectivity index (χ4n) is 2.51. The van der Waals surface area contributed by atoms with Crippen molar-refractivity contribution in [2.45, 2.75) is 31.3 Å². The summed E-state index contributed by atoms with van der Waals surface area (Å²) in [4.78, 5) is 16.7. The van der Waals surface area contributed by atoms with Crippen LogP contribution in [0.15, 0.2) is 47.5 Å². The summed E-state index contributed by atoms with van der Waals surface area (Å²) in [6, 6.07) is 9.20. The van der Waals surface area contributed by atoms with Crippen molar-refractivity contribution in [3.63, 3.8) is 0 Å². The largest absolute Gasteiger partial charge is 0.349 e. The summed E-state index contributed by atoms with van der Waals surface area (Å²) in [6.07, 6.45) is 1.63. The number of nitrogens with zero attached hydrogens (tertiary/aromatic N) is 3. The highest BCUT2D eigenvalue weighted by Crippen LogP contribution is 2.21. The van der Waals surface area contributed by atoms with E-state index in [0.717, 1.165) is 11.7 Å². The Labute approximate surface area is 161 Å². The van der Waals surface area contributed by atoms with E-state index in [1.165, 1.54) is 6.07 Å². The molecule has 1 unspecified atom stereocenters. The Morgan fingerprint density at radius 1 is 1.15 bits per heavy atom. The molecule has 2 N–H and O–H groups in total. The predicted molar refractivity (Wildman–Crippen MR) is 102 cm³/mol. The molecule has 0 aliphatic carbocycles. The minimum absolute atomic E-state index is 0.0110. The molecule has 142 valence electrons. The molecule has 2 aromatic heterocycles. The van der Waals surface area contributed by atoms with Crippen molar-refractivity contribution >= 4 is 38.7 Å². The second-order valence-corrected chi connectivity index (χ2v) is 8.48. The first-order valence-electron chi connectivity index (χ1n) is 8.30. The molecule has 1 amide bonds. The number of aromatic nitrogens is 3. The highest BCUT2D eigenvalue weighted by molar-refractivity contribution is 7.89. The molecule has 10 heteroatoms. The van der Waals surface area contributed by atoms with Gasteiger partial charge in [0.15, 0.2) is 0 Å². The van der Waals surface area contributed by atoms with Crippen LogP contribution in [0.1, 0.15) is 19.5 Å². The van der Waals surface area contributed by atoms with E-state index < -0.39 is 22.0 Å². The van der Waals surface area contributed by atoms with Gasteiger partial charge >= 0.3 is 0 Å². The van der Waals surface area contributed by atoms with Gasteiger partial charge in [0.2, 0.25) is 15.9 Å². The molecule has 3 rings (SSSR count). The molecule has 0 radical (unpaired) electrons. The molecule has 8 nitrogen and oxygen atoms in total. The summed E-state index contributed by atoms with van der Waals surface area (Å²) in [5.74, 6) is -0.668. The number of carbonyl (C=O) groups is 1. The Morgan fingerprint density at radius 2 is 1.96 bits per heavy atom. The molecule has 2 heterocycles. The van der Waals surface area contributed by atoms with Crippen LogP contribution in [0.3, 0.4) is 0 Å². The Morgan fingerprint density at radius 3 is 2.67 bits per heavy atom. The molecular formula is C17H19N5O3S2. The second-order valence-electron chi connectivity index (χ2n) is 6.27. The van der Waals surface area contributed by atoms with Crippen molar-refractivity contribution in [2.75, 3.05) is 0 Å². The van der Waals surface area contributed by atoms with Gasteiger partial charge in [-0.1, -0.05) is 26.0 Å². The summed E-state index contributed by atoms with van der Waals surface area (Å²) in [5.41, 5.74) is 1.49. The van der Waals surface area contributed by atoms with E-state index in [1.807, 2.05) is 6.07 Å². The second kappa shape index (κ2) is 8.07. The average molecular weight is 406 g/mol. The van der Waals surface area contributed by atoms with Crippen LogP contribution < -0.4 is 10.0 Å². The van der Waals surface area contributed by atoms with E-state index in [0.29, 0.717) is 16.7 Å². The lowest BCUT2D eigenvalue weighted by atomic mass is 10.1. The lowest BCUT2D eigenvalue weighted by Gasteiger charge is -2.21. The number of amides is 1. The van der Waals surface area contributed by atoms with E-state index in [9.17, 15) is 13.2 Å². The monoisotopic (exact) mass is 405 g/mol. The molecule has 1 aromatic carbocycles. The third-order valence-electron chi connectivity index (χ3n) is 3.94. The zero-order valence-corrected chi connectivity index (χ0v) is 16.4. The molecule has 0 spiro atoms. The van der Waals surface area contributed by atoms with Crippen LogP contribution in [0.2, 0.25) is 0 Å². The van der Waals surface area contributed by atoms with E-state index in [2.05, 4.69) is 23.8 Å². The summed E-state index contributed by atoms with van der Waals surface area (Å²) in [6.45, 7) is 3.77. The Hall–Kier alpha value is -2.43. The van der Waals surface area contributed by atoms with Gasteiger partial charge in [-0.3, -0.25) is 9.78 Å². The Balaban J connectivity index is 1.79. The molecule has 0 saturated heterocycles. The van der Waals surface area contributed by atoms with Gasteiger partial charge in [0, 0.05) is 6.20 Å². The van der Waals surface area contributed by atoms with Gasteiger partial charge in [0.1, 0.15) is 22.0 Å². The molecule has 3 aromatic rings. The van der Waals surface area contributed by atoms with Gasteiger partial charge in [-0.15, -0.1) is 0 Å². The molecular weight excluding hydrogens is 386 g/mol. The predicted octanol–water partition coefficient (Wildman–Crippen LogP) is 1.71. The van der Waals surface area contributed by atoms with Crippen molar-refractivity contribution in [3.8, 4) is 0 Å². The van der Waals surface area contributed by atoms with Gasteiger partial charge in [-0.2, -0.15) is 13.5 Å². The highest BCUT2D eigenvalue weighted by Gasteiger charge is 2.29. The zero-order chi connectivity index (χ0) is 19.4. The SMILES string of the molecule is CC(C)C(NS(=O)(=O)c1cccc2nsnc12)C(=O)NCc1ccccn1. The summed E-state index contributed by atoms with van der Waals surface area (Å²) in [5, 5.41) is 2.73. The fourth-order valence-corrected chi connectivity index (χ4v) is 4.62. The van der Waals surface area contributed by atoms with Crippen LogP contribution in [-0.4, -0.2) is 34.1 Å².